The predicted molar refractivity (Wildman–Crippen MR) is 71.6 cm³/mol. The molecule has 0 amide bonds. The Bertz CT molecular complexity index is 448. The largest absolute Gasteiger partial charge is 0.385 e. The zero-order valence-corrected chi connectivity index (χ0v) is 10.4. The van der Waals surface area contributed by atoms with Gasteiger partial charge in [0, 0.05) is 24.2 Å². The van der Waals surface area contributed by atoms with Crippen LogP contribution < -0.4 is 5.32 Å². The van der Waals surface area contributed by atoms with Crippen molar-refractivity contribution in [2.75, 3.05) is 11.9 Å². The van der Waals surface area contributed by atoms with Crippen molar-refractivity contribution >= 4 is 11.5 Å². The highest BCUT2D eigenvalue weighted by molar-refractivity contribution is 5.98. The van der Waals surface area contributed by atoms with Crippen LogP contribution in [0.5, 0.6) is 0 Å². The van der Waals surface area contributed by atoms with Crippen molar-refractivity contribution in [3.8, 4) is 0 Å². The molecule has 1 aliphatic heterocycles. The first-order valence-electron chi connectivity index (χ1n) is 6.27. The van der Waals surface area contributed by atoms with E-state index in [9.17, 15) is 4.79 Å². The standard InChI is InChI=1S/C15H19NO/c1-3-11(2)9-15(17)13-6-7-14-12(10-13)5-4-8-16-14/h6-7,10,16H,2-5,8-9H2,1H3. The third kappa shape index (κ3) is 2.76. The Morgan fingerprint density at radius 2 is 2.29 bits per heavy atom. The molecule has 0 spiro atoms. The molecule has 0 fully saturated rings. The molecular weight excluding hydrogens is 210 g/mol. The van der Waals surface area contributed by atoms with Crippen molar-refractivity contribution in [2.24, 2.45) is 0 Å². The fraction of sp³-hybridized carbons (Fsp3) is 0.400. The van der Waals surface area contributed by atoms with Gasteiger partial charge in [0.1, 0.15) is 0 Å². The van der Waals surface area contributed by atoms with Crippen LogP contribution in [0, 0.1) is 0 Å². The fourth-order valence-corrected chi connectivity index (χ4v) is 2.10. The summed E-state index contributed by atoms with van der Waals surface area (Å²) < 4.78 is 0. The lowest BCUT2D eigenvalue weighted by atomic mass is 9.96. The van der Waals surface area contributed by atoms with E-state index in [1.807, 2.05) is 25.1 Å². The van der Waals surface area contributed by atoms with E-state index in [0.29, 0.717) is 6.42 Å². The molecule has 2 nitrogen and oxygen atoms in total. The smallest absolute Gasteiger partial charge is 0.166 e. The van der Waals surface area contributed by atoms with Gasteiger partial charge in [0.2, 0.25) is 0 Å². The molecule has 0 aliphatic carbocycles. The topological polar surface area (TPSA) is 29.1 Å². The summed E-state index contributed by atoms with van der Waals surface area (Å²) in [6, 6.07) is 5.98. The Kier molecular flexibility index (Phi) is 3.62. The Hall–Kier alpha value is -1.57. The Morgan fingerprint density at radius 1 is 1.47 bits per heavy atom. The third-order valence-corrected chi connectivity index (χ3v) is 3.28. The van der Waals surface area contributed by atoms with Crippen LogP contribution in [0.1, 0.15) is 42.1 Å². The fourth-order valence-electron chi connectivity index (χ4n) is 2.10. The van der Waals surface area contributed by atoms with Crippen molar-refractivity contribution in [2.45, 2.75) is 32.6 Å². The summed E-state index contributed by atoms with van der Waals surface area (Å²) in [7, 11) is 0. The van der Waals surface area contributed by atoms with Crippen LogP contribution in [0.15, 0.2) is 30.4 Å². The lowest BCUT2D eigenvalue weighted by Gasteiger charge is -2.18. The van der Waals surface area contributed by atoms with Crippen LogP contribution in [0.2, 0.25) is 0 Å². The van der Waals surface area contributed by atoms with Gasteiger partial charge in [0.05, 0.1) is 0 Å². The van der Waals surface area contributed by atoms with Crippen molar-refractivity contribution in [1.29, 1.82) is 0 Å². The van der Waals surface area contributed by atoms with E-state index >= 15 is 0 Å². The minimum Gasteiger partial charge on any atom is -0.385 e. The van der Waals surface area contributed by atoms with E-state index < -0.39 is 0 Å². The number of nitrogens with one attached hydrogen (secondary N) is 1. The van der Waals surface area contributed by atoms with Gasteiger partial charge >= 0.3 is 0 Å². The first-order valence-corrected chi connectivity index (χ1v) is 6.27. The molecule has 2 rings (SSSR count). The summed E-state index contributed by atoms with van der Waals surface area (Å²) >= 11 is 0. The highest BCUT2D eigenvalue weighted by Crippen LogP contribution is 2.24. The molecule has 17 heavy (non-hydrogen) atoms. The van der Waals surface area contributed by atoms with E-state index in [1.165, 1.54) is 11.3 Å². The lowest BCUT2D eigenvalue weighted by Crippen LogP contribution is -2.12. The van der Waals surface area contributed by atoms with E-state index in [4.69, 9.17) is 0 Å². The quantitative estimate of drug-likeness (QED) is 0.631. The maximum Gasteiger partial charge on any atom is 0.166 e. The van der Waals surface area contributed by atoms with E-state index in [2.05, 4.69) is 11.9 Å². The second kappa shape index (κ2) is 5.17. The van der Waals surface area contributed by atoms with Gasteiger partial charge in [-0.25, -0.2) is 0 Å². The second-order valence-electron chi connectivity index (χ2n) is 4.61. The Morgan fingerprint density at radius 3 is 3.06 bits per heavy atom. The molecule has 0 saturated carbocycles. The molecule has 0 bridgehead atoms. The maximum atomic E-state index is 12.0. The number of carbonyl (C=O) groups excluding carboxylic acids is 1. The van der Waals surface area contributed by atoms with Crippen molar-refractivity contribution < 1.29 is 4.79 Å². The molecule has 1 aromatic rings. The van der Waals surface area contributed by atoms with Gasteiger partial charge in [-0.1, -0.05) is 19.1 Å². The van der Waals surface area contributed by atoms with Crippen LogP contribution in [-0.4, -0.2) is 12.3 Å². The van der Waals surface area contributed by atoms with Crippen LogP contribution in [0.25, 0.3) is 0 Å². The molecule has 0 atom stereocenters. The van der Waals surface area contributed by atoms with Crippen molar-refractivity contribution in [1.82, 2.24) is 0 Å². The third-order valence-electron chi connectivity index (χ3n) is 3.28. The number of fused-ring (bicyclic) bond motifs is 1. The van der Waals surface area contributed by atoms with E-state index in [1.54, 1.807) is 0 Å². The average Bonchev–Trinajstić information content (AvgIpc) is 2.38. The lowest BCUT2D eigenvalue weighted by molar-refractivity contribution is 0.0992. The molecular formula is C15H19NO. The van der Waals surface area contributed by atoms with Crippen LogP contribution >= 0.6 is 0 Å². The van der Waals surface area contributed by atoms with Crippen molar-refractivity contribution in [3.05, 3.63) is 41.5 Å². The number of anilines is 1. The highest BCUT2D eigenvalue weighted by atomic mass is 16.1. The van der Waals surface area contributed by atoms with Gasteiger partial charge in [-0.05, 0) is 43.0 Å². The first-order chi connectivity index (χ1) is 8.20. The number of aryl methyl sites for hydroxylation is 1. The average molecular weight is 229 g/mol. The van der Waals surface area contributed by atoms with Crippen LogP contribution in [-0.2, 0) is 6.42 Å². The summed E-state index contributed by atoms with van der Waals surface area (Å²) in [5, 5.41) is 3.35. The predicted octanol–water partition coefficient (Wildman–Crippen LogP) is 3.58. The van der Waals surface area contributed by atoms with Gasteiger partial charge in [-0.15, -0.1) is 0 Å². The summed E-state index contributed by atoms with van der Waals surface area (Å²) in [4.78, 5) is 12.0. The molecule has 0 unspecified atom stereocenters. The Balaban J connectivity index is 2.16. The SMILES string of the molecule is C=C(CC)CC(=O)c1ccc2c(c1)CCCN2. The van der Waals surface area contributed by atoms with Gasteiger partial charge in [0.25, 0.3) is 0 Å². The monoisotopic (exact) mass is 229 g/mol. The number of allylic oxidation sites excluding steroid dienone is 1. The minimum atomic E-state index is 0.185. The van der Waals surface area contributed by atoms with Gasteiger partial charge in [-0.3, -0.25) is 4.79 Å². The molecule has 0 radical (unpaired) electrons. The molecule has 1 aliphatic rings. The van der Waals surface area contributed by atoms with Crippen molar-refractivity contribution in [3.63, 3.8) is 0 Å². The zero-order valence-electron chi connectivity index (χ0n) is 10.4. The number of ketones is 1. The molecule has 1 heterocycles. The van der Waals surface area contributed by atoms with Gasteiger partial charge in [0.15, 0.2) is 5.78 Å². The van der Waals surface area contributed by atoms with Crippen LogP contribution in [0.3, 0.4) is 0 Å². The maximum absolute atomic E-state index is 12.0. The van der Waals surface area contributed by atoms with E-state index in [0.717, 1.165) is 36.9 Å². The Labute approximate surface area is 103 Å². The molecule has 90 valence electrons. The highest BCUT2D eigenvalue weighted by Gasteiger charge is 2.12. The van der Waals surface area contributed by atoms with Gasteiger partial charge < -0.3 is 5.32 Å². The number of Topliss-reactive ketones (excluding diaryl/α,β-unsaturated/α-hetero) is 1. The molecule has 1 N–H and O–H groups in total. The summed E-state index contributed by atoms with van der Waals surface area (Å²) in [6.07, 6.45) is 3.56. The summed E-state index contributed by atoms with van der Waals surface area (Å²) in [6.45, 7) is 6.96. The summed E-state index contributed by atoms with van der Waals surface area (Å²) in [5.74, 6) is 0.185. The van der Waals surface area contributed by atoms with Gasteiger partial charge in [-0.2, -0.15) is 0 Å². The second-order valence-corrected chi connectivity index (χ2v) is 4.61. The number of hydrogen-bond acceptors (Lipinski definition) is 2. The minimum absolute atomic E-state index is 0.185. The first kappa shape index (κ1) is 11.9. The molecule has 1 aromatic carbocycles. The van der Waals surface area contributed by atoms with Crippen LogP contribution in [0.4, 0.5) is 5.69 Å². The number of benzene rings is 1. The number of hydrogen-bond donors (Lipinski definition) is 1. The number of rotatable bonds is 4. The molecule has 0 aromatic heterocycles. The summed E-state index contributed by atoms with van der Waals surface area (Å²) in [5.41, 5.74) is 4.28. The number of carbonyl (C=O) groups is 1. The van der Waals surface area contributed by atoms with E-state index in [-0.39, 0.29) is 5.78 Å². The normalized spacial score (nSPS) is 13.7. The molecule has 0 saturated heterocycles. The molecule has 2 heteroatoms. The zero-order chi connectivity index (χ0) is 12.3.